The summed E-state index contributed by atoms with van der Waals surface area (Å²) in [5.41, 5.74) is 6.07. The van der Waals surface area contributed by atoms with E-state index in [2.05, 4.69) is 25.8 Å². The van der Waals surface area contributed by atoms with E-state index in [9.17, 15) is 0 Å². The molecule has 70 valence electrons. The fourth-order valence-electron chi connectivity index (χ4n) is 1.53. The minimum atomic E-state index is 0.231. The van der Waals surface area contributed by atoms with Gasteiger partial charge in [-0.25, -0.2) is 0 Å². The van der Waals surface area contributed by atoms with Gasteiger partial charge in [0.25, 0.3) is 0 Å². The molecule has 0 aliphatic heterocycles. The molecule has 1 saturated carbocycles. The summed E-state index contributed by atoms with van der Waals surface area (Å²) in [4.78, 5) is 4.63. The van der Waals surface area contributed by atoms with E-state index in [0.717, 1.165) is 12.3 Å². The Kier molecular flexibility index (Phi) is 2.76. The van der Waals surface area contributed by atoms with Crippen molar-refractivity contribution in [3.05, 3.63) is 0 Å². The van der Waals surface area contributed by atoms with Gasteiger partial charge in [0.05, 0.1) is 11.4 Å². The molecule has 0 spiro atoms. The molecule has 12 heavy (non-hydrogen) atoms. The first kappa shape index (κ1) is 9.56. The Balaban J connectivity index is 2.62. The number of nitrogens with two attached hydrogens (primary N) is 1. The minimum Gasteiger partial charge on any atom is -0.387 e. The molecule has 2 heteroatoms. The molecular formula is C10H20N2. The Hall–Kier alpha value is -0.530. The van der Waals surface area contributed by atoms with Crippen molar-refractivity contribution in [1.82, 2.24) is 0 Å². The predicted molar refractivity (Wildman–Crippen MR) is 53.3 cm³/mol. The lowest BCUT2D eigenvalue weighted by molar-refractivity contribution is 0.242. The summed E-state index contributed by atoms with van der Waals surface area (Å²) in [7, 11) is 0. The summed E-state index contributed by atoms with van der Waals surface area (Å²) < 4.78 is 0. The number of aliphatic imine (C=N–C) groups is 1. The van der Waals surface area contributed by atoms with Crippen molar-refractivity contribution >= 4 is 5.84 Å². The number of amidine groups is 1. The molecule has 1 fully saturated rings. The molecule has 2 N–H and O–H groups in total. The third-order valence-corrected chi connectivity index (χ3v) is 2.90. The van der Waals surface area contributed by atoms with Crippen molar-refractivity contribution in [1.29, 1.82) is 0 Å². The second-order valence-electron chi connectivity index (χ2n) is 4.12. The number of hydrogen-bond acceptors (Lipinski definition) is 1. The van der Waals surface area contributed by atoms with Crippen molar-refractivity contribution in [3.63, 3.8) is 0 Å². The summed E-state index contributed by atoms with van der Waals surface area (Å²) >= 11 is 0. The first-order chi connectivity index (χ1) is 5.59. The second-order valence-corrected chi connectivity index (χ2v) is 4.12. The lowest BCUT2D eigenvalue weighted by Gasteiger charge is -2.38. The van der Waals surface area contributed by atoms with Gasteiger partial charge in [0.15, 0.2) is 0 Å². The highest BCUT2D eigenvalue weighted by molar-refractivity contribution is 5.82. The molecule has 1 aliphatic carbocycles. The van der Waals surface area contributed by atoms with Crippen LogP contribution in [-0.4, -0.2) is 11.4 Å². The summed E-state index contributed by atoms with van der Waals surface area (Å²) in [5.74, 6) is 1.23. The Morgan fingerprint density at radius 3 is 2.33 bits per heavy atom. The number of hydrogen-bond donors (Lipinski definition) is 1. The van der Waals surface area contributed by atoms with Crippen LogP contribution >= 0.6 is 0 Å². The molecule has 0 amide bonds. The monoisotopic (exact) mass is 168 g/mol. The van der Waals surface area contributed by atoms with Crippen LogP contribution in [0.3, 0.4) is 0 Å². The topological polar surface area (TPSA) is 38.4 Å². The molecule has 1 rings (SSSR count). The zero-order chi connectivity index (χ0) is 9.19. The van der Waals surface area contributed by atoms with Gasteiger partial charge in [0.1, 0.15) is 0 Å². The van der Waals surface area contributed by atoms with E-state index < -0.39 is 0 Å². The molecule has 0 aromatic heterocycles. The second kappa shape index (κ2) is 3.46. The highest BCUT2D eigenvalue weighted by atomic mass is 15.0. The molecule has 0 heterocycles. The fourth-order valence-corrected chi connectivity index (χ4v) is 1.53. The molecular weight excluding hydrogens is 148 g/mol. The molecule has 1 aliphatic rings. The van der Waals surface area contributed by atoms with Gasteiger partial charge in [0, 0.05) is 5.92 Å². The van der Waals surface area contributed by atoms with Crippen molar-refractivity contribution in [3.8, 4) is 0 Å². The Bertz CT molecular complexity index is 173. The zero-order valence-corrected chi connectivity index (χ0v) is 8.43. The average molecular weight is 168 g/mol. The first-order valence-electron chi connectivity index (χ1n) is 4.95. The van der Waals surface area contributed by atoms with Crippen molar-refractivity contribution < 1.29 is 0 Å². The van der Waals surface area contributed by atoms with Crippen molar-refractivity contribution in [2.45, 2.75) is 52.0 Å². The van der Waals surface area contributed by atoms with Crippen LogP contribution in [0.1, 0.15) is 46.5 Å². The van der Waals surface area contributed by atoms with E-state index in [-0.39, 0.29) is 5.54 Å². The largest absolute Gasteiger partial charge is 0.387 e. The third-order valence-electron chi connectivity index (χ3n) is 2.90. The Labute approximate surface area is 75.3 Å². The van der Waals surface area contributed by atoms with Gasteiger partial charge < -0.3 is 5.73 Å². The Morgan fingerprint density at radius 2 is 2.08 bits per heavy atom. The van der Waals surface area contributed by atoms with Gasteiger partial charge in [-0.3, -0.25) is 4.99 Å². The van der Waals surface area contributed by atoms with E-state index in [4.69, 9.17) is 5.73 Å². The molecule has 0 atom stereocenters. The van der Waals surface area contributed by atoms with Gasteiger partial charge in [-0.15, -0.1) is 0 Å². The molecule has 0 saturated heterocycles. The summed E-state index contributed by atoms with van der Waals surface area (Å²) in [6.07, 6.45) is 4.93. The molecule has 0 bridgehead atoms. The SMILES string of the molecule is CCC1(N=C(N)C(C)C)CCC1. The van der Waals surface area contributed by atoms with Gasteiger partial charge in [-0.1, -0.05) is 20.8 Å². The lowest BCUT2D eigenvalue weighted by Crippen LogP contribution is -2.37. The van der Waals surface area contributed by atoms with Crippen LogP contribution in [0, 0.1) is 5.92 Å². The van der Waals surface area contributed by atoms with Crippen LogP contribution in [0.25, 0.3) is 0 Å². The highest BCUT2D eigenvalue weighted by Gasteiger charge is 2.34. The average Bonchev–Trinajstić information content (AvgIpc) is 1.96. The maximum atomic E-state index is 5.84. The predicted octanol–water partition coefficient (Wildman–Crippen LogP) is 2.33. The molecule has 0 aromatic carbocycles. The van der Waals surface area contributed by atoms with Crippen LogP contribution in [0.4, 0.5) is 0 Å². The van der Waals surface area contributed by atoms with Crippen molar-refractivity contribution in [2.24, 2.45) is 16.6 Å². The quantitative estimate of drug-likeness (QED) is 0.510. The van der Waals surface area contributed by atoms with E-state index in [1.54, 1.807) is 0 Å². The summed E-state index contributed by atoms with van der Waals surface area (Å²) in [5, 5.41) is 0. The van der Waals surface area contributed by atoms with Crippen LogP contribution in [0.5, 0.6) is 0 Å². The zero-order valence-electron chi connectivity index (χ0n) is 8.43. The van der Waals surface area contributed by atoms with Gasteiger partial charge in [-0.2, -0.15) is 0 Å². The maximum Gasteiger partial charge on any atom is 0.0969 e. The fraction of sp³-hybridized carbons (Fsp3) is 0.900. The van der Waals surface area contributed by atoms with E-state index in [1.165, 1.54) is 19.3 Å². The standard InChI is InChI=1S/C10H20N2/c1-4-10(6-5-7-10)12-9(11)8(2)3/h8H,4-7H2,1-3H3,(H2,11,12). The summed E-state index contributed by atoms with van der Waals surface area (Å²) in [6.45, 7) is 6.40. The van der Waals surface area contributed by atoms with Crippen LogP contribution in [0.2, 0.25) is 0 Å². The molecule has 0 radical (unpaired) electrons. The third kappa shape index (κ3) is 1.79. The molecule has 2 nitrogen and oxygen atoms in total. The maximum absolute atomic E-state index is 5.84. The van der Waals surface area contributed by atoms with Gasteiger partial charge in [0.2, 0.25) is 0 Å². The van der Waals surface area contributed by atoms with Crippen LogP contribution in [0.15, 0.2) is 4.99 Å². The van der Waals surface area contributed by atoms with Gasteiger partial charge >= 0.3 is 0 Å². The normalized spacial score (nSPS) is 22.5. The van der Waals surface area contributed by atoms with E-state index in [0.29, 0.717) is 5.92 Å². The lowest BCUT2D eigenvalue weighted by atomic mass is 9.75. The smallest absolute Gasteiger partial charge is 0.0969 e. The number of rotatable bonds is 3. The van der Waals surface area contributed by atoms with Crippen molar-refractivity contribution in [2.75, 3.05) is 0 Å². The van der Waals surface area contributed by atoms with Crippen LogP contribution < -0.4 is 5.73 Å². The molecule has 0 unspecified atom stereocenters. The van der Waals surface area contributed by atoms with Crippen LogP contribution in [-0.2, 0) is 0 Å². The molecule has 0 aromatic rings. The Morgan fingerprint density at radius 1 is 1.50 bits per heavy atom. The first-order valence-corrected chi connectivity index (χ1v) is 4.95. The highest BCUT2D eigenvalue weighted by Crippen LogP contribution is 2.38. The van der Waals surface area contributed by atoms with E-state index in [1.807, 2.05) is 0 Å². The minimum absolute atomic E-state index is 0.231. The summed E-state index contributed by atoms with van der Waals surface area (Å²) in [6, 6.07) is 0. The number of nitrogens with zero attached hydrogens (tertiary/aromatic N) is 1. The van der Waals surface area contributed by atoms with E-state index >= 15 is 0 Å². The van der Waals surface area contributed by atoms with Gasteiger partial charge in [-0.05, 0) is 25.7 Å².